The number of rotatable bonds is 7. The quantitative estimate of drug-likeness (QED) is 0.737. The number of ether oxygens (including phenoxy) is 1. The monoisotopic (exact) mass is 356 g/mol. The van der Waals surface area contributed by atoms with Crippen LogP contribution in [0.5, 0.6) is 5.75 Å². The summed E-state index contributed by atoms with van der Waals surface area (Å²) in [5.41, 5.74) is 0.939. The number of hydrogen-bond acceptors (Lipinski definition) is 3. The summed E-state index contributed by atoms with van der Waals surface area (Å²) < 4.78 is 6.41. The molecular weight excluding hydrogens is 332 g/mol. The number of halogens is 1. The van der Waals surface area contributed by atoms with Gasteiger partial charge in [0.05, 0.1) is 4.47 Å². The van der Waals surface area contributed by atoms with E-state index in [1.807, 2.05) is 39.0 Å². The van der Waals surface area contributed by atoms with Gasteiger partial charge in [0.2, 0.25) is 0 Å². The third-order valence-electron chi connectivity index (χ3n) is 2.63. The van der Waals surface area contributed by atoms with Crippen LogP contribution in [0.1, 0.15) is 39.7 Å². The average molecular weight is 357 g/mol. The molecule has 0 aliphatic heterocycles. The zero-order valence-electron chi connectivity index (χ0n) is 13.3. The summed E-state index contributed by atoms with van der Waals surface area (Å²) in [6, 6.07) is 5.90. The van der Waals surface area contributed by atoms with Crippen molar-refractivity contribution in [2.24, 2.45) is 0 Å². The van der Waals surface area contributed by atoms with Gasteiger partial charge in [-0.05, 0) is 67.4 Å². The fourth-order valence-electron chi connectivity index (χ4n) is 1.78. The highest BCUT2D eigenvalue weighted by Crippen LogP contribution is 2.26. The molecule has 2 N–H and O–H groups in total. The van der Waals surface area contributed by atoms with Crippen molar-refractivity contribution < 1.29 is 9.53 Å². The molecule has 0 radical (unpaired) electrons. The molecule has 0 unspecified atom stereocenters. The third kappa shape index (κ3) is 7.48. The molecule has 0 heterocycles. The van der Waals surface area contributed by atoms with Crippen molar-refractivity contribution in [3.63, 3.8) is 0 Å². The number of amides is 1. The largest absolute Gasteiger partial charge is 0.483 e. The molecule has 1 aromatic rings. The molecule has 1 aromatic carbocycles. The Morgan fingerprint density at radius 3 is 2.62 bits per heavy atom. The van der Waals surface area contributed by atoms with Crippen LogP contribution in [-0.4, -0.2) is 24.6 Å². The van der Waals surface area contributed by atoms with E-state index in [1.54, 1.807) is 0 Å². The van der Waals surface area contributed by atoms with Gasteiger partial charge in [0, 0.05) is 12.1 Å². The van der Waals surface area contributed by atoms with Crippen molar-refractivity contribution in [2.45, 2.75) is 46.2 Å². The summed E-state index contributed by atoms with van der Waals surface area (Å²) in [6.07, 6.45) is 1.12. The Bertz CT molecular complexity index is 470. The fraction of sp³-hybridized carbons (Fsp3) is 0.562. The van der Waals surface area contributed by atoms with Crippen molar-refractivity contribution in [2.75, 3.05) is 13.2 Å². The van der Waals surface area contributed by atoms with E-state index in [0.29, 0.717) is 5.75 Å². The van der Waals surface area contributed by atoms with Crippen LogP contribution in [0, 0.1) is 0 Å². The molecule has 0 saturated heterocycles. The lowest BCUT2D eigenvalue weighted by Gasteiger charge is -2.20. The molecule has 118 valence electrons. The zero-order chi connectivity index (χ0) is 15.9. The number of carbonyl (C=O) groups excluding carboxylic acids is 1. The van der Waals surface area contributed by atoms with Gasteiger partial charge in [0.1, 0.15) is 5.75 Å². The van der Waals surface area contributed by atoms with Crippen LogP contribution in [0.15, 0.2) is 22.7 Å². The smallest absolute Gasteiger partial charge is 0.258 e. The third-order valence-corrected chi connectivity index (χ3v) is 3.25. The number of benzene rings is 1. The van der Waals surface area contributed by atoms with E-state index >= 15 is 0 Å². The lowest BCUT2D eigenvalue weighted by Crippen LogP contribution is -2.43. The highest BCUT2D eigenvalue weighted by Gasteiger charge is 2.14. The van der Waals surface area contributed by atoms with Crippen molar-refractivity contribution in [1.29, 1.82) is 0 Å². The Morgan fingerprint density at radius 2 is 2.05 bits per heavy atom. The summed E-state index contributed by atoms with van der Waals surface area (Å²) in [5, 5.41) is 6.21. The maximum absolute atomic E-state index is 11.7. The molecule has 0 fully saturated rings. The molecule has 0 bridgehead atoms. The zero-order valence-corrected chi connectivity index (χ0v) is 14.8. The molecule has 1 rings (SSSR count). The molecular formula is C16H25BrN2O2. The second-order valence-electron chi connectivity index (χ2n) is 6.03. The number of carbonyl (C=O) groups is 1. The van der Waals surface area contributed by atoms with E-state index in [4.69, 9.17) is 4.74 Å². The molecule has 1 amide bonds. The topological polar surface area (TPSA) is 50.4 Å². The summed E-state index contributed by atoms with van der Waals surface area (Å²) in [7, 11) is 0. The van der Waals surface area contributed by atoms with Crippen molar-refractivity contribution >= 4 is 21.8 Å². The predicted octanol–water partition coefficient (Wildman–Crippen LogP) is 3.24. The van der Waals surface area contributed by atoms with E-state index in [-0.39, 0.29) is 18.1 Å². The Kier molecular flexibility index (Phi) is 7.18. The van der Waals surface area contributed by atoms with Gasteiger partial charge in [-0.15, -0.1) is 0 Å². The Morgan fingerprint density at radius 1 is 1.33 bits per heavy atom. The summed E-state index contributed by atoms with van der Waals surface area (Å²) >= 11 is 3.48. The van der Waals surface area contributed by atoms with Gasteiger partial charge in [0.15, 0.2) is 6.61 Å². The predicted molar refractivity (Wildman–Crippen MR) is 89.5 cm³/mol. The second-order valence-corrected chi connectivity index (χ2v) is 6.88. The maximum Gasteiger partial charge on any atom is 0.258 e. The van der Waals surface area contributed by atoms with Gasteiger partial charge in [-0.1, -0.05) is 13.0 Å². The van der Waals surface area contributed by atoms with Crippen LogP contribution in [-0.2, 0) is 11.3 Å². The molecule has 0 aliphatic rings. The van der Waals surface area contributed by atoms with Gasteiger partial charge in [-0.25, -0.2) is 0 Å². The van der Waals surface area contributed by atoms with Crippen LogP contribution >= 0.6 is 15.9 Å². The van der Waals surface area contributed by atoms with E-state index in [2.05, 4.69) is 33.5 Å². The first-order valence-electron chi connectivity index (χ1n) is 7.25. The molecule has 0 saturated carbocycles. The van der Waals surface area contributed by atoms with E-state index in [1.165, 1.54) is 5.56 Å². The van der Waals surface area contributed by atoms with Crippen LogP contribution in [0.4, 0.5) is 0 Å². The van der Waals surface area contributed by atoms with Crippen molar-refractivity contribution in [3.8, 4) is 5.75 Å². The first-order chi connectivity index (χ1) is 9.81. The SMILES string of the molecule is CCCNCc1ccc(OCC(=O)NC(C)(C)C)c(Br)c1. The van der Waals surface area contributed by atoms with Gasteiger partial charge in [-0.2, -0.15) is 0 Å². The molecule has 0 aromatic heterocycles. The van der Waals surface area contributed by atoms with Crippen LogP contribution in [0.25, 0.3) is 0 Å². The molecule has 4 nitrogen and oxygen atoms in total. The van der Waals surface area contributed by atoms with E-state index < -0.39 is 0 Å². The Hall–Kier alpha value is -1.07. The maximum atomic E-state index is 11.7. The average Bonchev–Trinajstić information content (AvgIpc) is 2.36. The Labute approximate surface area is 135 Å². The minimum Gasteiger partial charge on any atom is -0.483 e. The molecule has 5 heteroatoms. The fourth-order valence-corrected chi connectivity index (χ4v) is 2.32. The first-order valence-corrected chi connectivity index (χ1v) is 8.04. The van der Waals surface area contributed by atoms with Crippen LogP contribution < -0.4 is 15.4 Å². The molecule has 0 spiro atoms. The summed E-state index contributed by atoms with van der Waals surface area (Å²) in [4.78, 5) is 11.7. The van der Waals surface area contributed by atoms with Gasteiger partial charge >= 0.3 is 0 Å². The Balaban J connectivity index is 2.51. The molecule has 0 atom stereocenters. The molecule has 0 aliphatic carbocycles. The second kappa shape index (κ2) is 8.39. The highest BCUT2D eigenvalue weighted by atomic mass is 79.9. The van der Waals surface area contributed by atoms with Crippen molar-refractivity contribution in [3.05, 3.63) is 28.2 Å². The van der Waals surface area contributed by atoms with Gasteiger partial charge < -0.3 is 15.4 Å². The minimum absolute atomic E-state index is 0.0172. The standard InChI is InChI=1S/C16H25BrN2O2/c1-5-8-18-10-12-6-7-14(13(17)9-12)21-11-15(20)19-16(2,3)4/h6-7,9,18H,5,8,10-11H2,1-4H3,(H,19,20). The van der Waals surface area contributed by atoms with E-state index in [9.17, 15) is 4.79 Å². The first kappa shape index (κ1) is 18.0. The van der Waals surface area contributed by atoms with Crippen LogP contribution in [0.3, 0.4) is 0 Å². The number of hydrogen-bond donors (Lipinski definition) is 2. The molecule has 21 heavy (non-hydrogen) atoms. The highest BCUT2D eigenvalue weighted by molar-refractivity contribution is 9.10. The lowest BCUT2D eigenvalue weighted by atomic mass is 10.1. The van der Waals surface area contributed by atoms with Crippen molar-refractivity contribution in [1.82, 2.24) is 10.6 Å². The lowest BCUT2D eigenvalue weighted by molar-refractivity contribution is -0.124. The summed E-state index contributed by atoms with van der Waals surface area (Å²) in [6.45, 7) is 9.82. The van der Waals surface area contributed by atoms with E-state index in [0.717, 1.165) is 24.0 Å². The van der Waals surface area contributed by atoms with Gasteiger partial charge in [0.25, 0.3) is 5.91 Å². The minimum atomic E-state index is -0.244. The normalized spacial score (nSPS) is 11.3. The van der Waals surface area contributed by atoms with Crippen LogP contribution in [0.2, 0.25) is 0 Å². The van der Waals surface area contributed by atoms with Gasteiger partial charge in [-0.3, -0.25) is 4.79 Å². The summed E-state index contributed by atoms with van der Waals surface area (Å²) in [5.74, 6) is 0.557. The number of nitrogens with one attached hydrogen (secondary N) is 2.